The highest BCUT2D eigenvalue weighted by Crippen LogP contribution is 2.43. The van der Waals surface area contributed by atoms with Crippen molar-refractivity contribution in [1.82, 2.24) is 10.2 Å². The van der Waals surface area contributed by atoms with Crippen LogP contribution in [0.2, 0.25) is 0 Å². The molecule has 2 aromatic carbocycles. The van der Waals surface area contributed by atoms with E-state index in [1.807, 2.05) is 6.07 Å². The highest BCUT2D eigenvalue weighted by molar-refractivity contribution is 7.89. The van der Waals surface area contributed by atoms with Gasteiger partial charge in [0.1, 0.15) is 6.04 Å². The Morgan fingerprint density at radius 2 is 1.84 bits per heavy atom. The predicted molar refractivity (Wildman–Crippen MR) is 111 cm³/mol. The molecule has 3 N–H and O–H groups in total. The molecule has 3 aromatic rings. The van der Waals surface area contributed by atoms with E-state index in [9.17, 15) is 18.0 Å². The summed E-state index contributed by atoms with van der Waals surface area (Å²) in [6.07, 6.45) is 0. The molecule has 1 amide bonds. The van der Waals surface area contributed by atoms with Crippen molar-refractivity contribution < 1.29 is 22.7 Å². The number of hydrogen-bond acceptors (Lipinski definition) is 8. The average molecular weight is 439 g/mol. The van der Waals surface area contributed by atoms with Crippen LogP contribution < -0.4 is 15.4 Å². The van der Waals surface area contributed by atoms with Crippen molar-refractivity contribution in [2.75, 3.05) is 17.3 Å². The van der Waals surface area contributed by atoms with Crippen LogP contribution in [0, 0.1) is 0 Å². The van der Waals surface area contributed by atoms with Gasteiger partial charge in [-0.25, -0.2) is 18.4 Å². The second-order valence-corrected chi connectivity index (χ2v) is 8.23. The first-order valence-electron chi connectivity index (χ1n) is 9.03. The number of carbonyl (C=O) groups is 2. The predicted octanol–water partition coefficient (Wildman–Crippen LogP) is 1.74. The van der Waals surface area contributed by atoms with Crippen LogP contribution in [0.1, 0.15) is 22.1 Å². The van der Waals surface area contributed by atoms with Gasteiger partial charge in [-0.05, 0) is 35.9 Å². The Morgan fingerprint density at radius 3 is 2.45 bits per heavy atom. The minimum Gasteiger partial charge on any atom is -0.464 e. The second kappa shape index (κ2) is 7.78. The lowest BCUT2D eigenvalue weighted by Gasteiger charge is -2.37. The number of primary sulfonamides is 1. The van der Waals surface area contributed by atoms with Crippen LogP contribution in [-0.2, 0) is 19.6 Å². The van der Waals surface area contributed by atoms with Crippen molar-refractivity contribution in [3.8, 4) is 0 Å². The molecular weight excluding hydrogens is 422 g/mol. The number of ether oxygens (including phenoxy) is 1. The molecule has 10 nitrogen and oxygen atoms in total. The number of rotatable bonds is 4. The van der Waals surface area contributed by atoms with E-state index in [4.69, 9.17) is 5.14 Å². The first-order valence-corrected chi connectivity index (χ1v) is 10.6. The number of hydrogen-bond donors (Lipinski definition) is 2. The van der Waals surface area contributed by atoms with Gasteiger partial charge < -0.3 is 15.0 Å². The molecule has 11 heteroatoms. The molecule has 1 aliphatic rings. The lowest BCUT2D eigenvalue weighted by Crippen LogP contribution is -2.39. The third-order valence-electron chi connectivity index (χ3n) is 4.73. The summed E-state index contributed by atoms with van der Waals surface area (Å²) >= 11 is 0. The molecule has 31 heavy (non-hydrogen) atoms. The Kier molecular flexibility index (Phi) is 5.13. The minimum absolute atomic E-state index is 0.00812. The van der Waals surface area contributed by atoms with E-state index in [1.165, 1.54) is 37.4 Å². The number of amides is 1. The fraction of sp³-hybridized carbons (Fsp3) is 0.100. The van der Waals surface area contributed by atoms with Gasteiger partial charge in [-0.1, -0.05) is 30.3 Å². The molecule has 4 rings (SSSR count). The molecule has 1 unspecified atom stereocenters. The summed E-state index contributed by atoms with van der Waals surface area (Å²) in [5.74, 6) is -0.765. The maximum absolute atomic E-state index is 13.1. The van der Waals surface area contributed by atoms with Crippen LogP contribution in [0.3, 0.4) is 0 Å². The third-order valence-corrected chi connectivity index (χ3v) is 5.64. The number of benzene rings is 2. The molecule has 0 aliphatic carbocycles. The van der Waals surface area contributed by atoms with Gasteiger partial charge in [0.15, 0.2) is 11.5 Å². The SMILES string of the molecule is COC(=O)c1ccc(N2c3ccc(S(N)(=O)=O)cc3NC(=O)C2c2ccccc2)nn1. The van der Waals surface area contributed by atoms with Crippen molar-refractivity contribution >= 4 is 39.1 Å². The molecule has 2 heterocycles. The third kappa shape index (κ3) is 3.83. The summed E-state index contributed by atoms with van der Waals surface area (Å²) in [4.78, 5) is 26.2. The molecule has 0 spiro atoms. The summed E-state index contributed by atoms with van der Waals surface area (Å²) in [7, 11) is -2.74. The van der Waals surface area contributed by atoms with Gasteiger partial charge in [0.05, 0.1) is 23.4 Å². The maximum Gasteiger partial charge on any atom is 0.358 e. The largest absolute Gasteiger partial charge is 0.464 e. The van der Waals surface area contributed by atoms with E-state index < -0.39 is 27.9 Å². The van der Waals surface area contributed by atoms with Gasteiger partial charge in [-0.3, -0.25) is 4.79 Å². The van der Waals surface area contributed by atoms with E-state index in [2.05, 4.69) is 20.3 Å². The molecular formula is C20H17N5O5S. The highest BCUT2D eigenvalue weighted by atomic mass is 32.2. The van der Waals surface area contributed by atoms with Gasteiger partial charge >= 0.3 is 5.97 Å². The molecule has 0 fully saturated rings. The van der Waals surface area contributed by atoms with Crippen LogP contribution >= 0.6 is 0 Å². The van der Waals surface area contributed by atoms with Crippen LogP contribution in [0.5, 0.6) is 0 Å². The van der Waals surface area contributed by atoms with Crippen molar-refractivity contribution in [1.29, 1.82) is 0 Å². The number of aromatic nitrogens is 2. The summed E-state index contributed by atoms with van der Waals surface area (Å²) in [6, 6.07) is 15.3. The van der Waals surface area contributed by atoms with Gasteiger partial charge in [0.25, 0.3) is 5.91 Å². The van der Waals surface area contributed by atoms with Crippen LogP contribution in [0.4, 0.5) is 17.2 Å². The quantitative estimate of drug-likeness (QED) is 0.585. The van der Waals surface area contributed by atoms with Crippen LogP contribution in [-0.4, -0.2) is 37.6 Å². The van der Waals surface area contributed by atoms with Gasteiger partial charge in [0, 0.05) is 0 Å². The highest BCUT2D eigenvalue weighted by Gasteiger charge is 2.36. The first kappa shape index (κ1) is 20.4. The van der Waals surface area contributed by atoms with Crippen LogP contribution in [0.15, 0.2) is 65.6 Å². The number of nitrogens with zero attached hydrogens (tertiary/aromatic N) is 3. The van der Waals surface area contributed by atoms with Crippen molar-refractivity contribution in [2.24, 2.45) is 5.14 Å². The minimum atomic E-state index is -3.97. The summed E-state index contributed by atoms with van der Waals surface area (Å²) < 4.78 is 28.1. The Morgan fingerprint density at radius 1 is 1.10 bits per heavy atom. The molecule has 0 radical (unpaired) electrons. The normalized spacial score (nSPS) is 15.7. The van der Waals surface area contributed by atoms with Crippen molar-refractivity contribution in [2.45, 2.75) is 10.9 Å². The van der Waals surface area contributed by atoms with Gasteiger partial charge in [0.2, 0.25) is 10.0 Å². The zero-order valence-corrected chi connectivity index (χ0v) is 17.0. The Hall–Kier alpha value is -3.83. The average Bonchev–Trinajstić information content (AvgIpc) is 2.77. The monoisotopic (exact) mass is 439 g/mol. The van der Waals surface area contributed by atoms with E-state index in [0.717, 1.165) is 0 Å². The summed E-state index contributed by atoms with van der Waals surface area (Å²) in [5, 5.41) is 16.0. The Balaban J connectivity index is 1.88. The molecule has 0 saturated carbocycles. The summed E-state index contributed by atoms with van der Waals surface area (Å²) in [6.45, 7) is 0. The molecule has 0 bridgehead atoms. The lowest BCUT2D eigenvalue weighted by atomic mass is 10.00. The number of anilines is 3. The first-order chi connectivity index (χ1) is 14.8. The molecule has 158 valence electrons. The number of nitrogens with one attached hydrogen (secondary N) is 1. The number of nitrogens with two attached hydrogens (primary N) is 1. The standard InChI is InChI=1S/C20H17N5O5S/c1-30-20(27)14-8-10-17(24-23-14)25-16-9-7-13(31(21,28)29)11-15(16)22-19(26)18(25)12-5-3-2-4-6-12/h2-11,18H,1H3,(H,22,26)(H2,21,28,29). The molecule has 1 aliphatic heterocycles. The Labute approximate surface area is 177 Å². The van der Waals surface area contributed by atoms with E-state index >= 15 is 0 Å². The number of methoxy groups -OCH3 is 1. The molecule has 1 atom stereocenters. The van der Waals surface area contributed by atoms with Crippen molar-refractivity contribution in [3.63, 3.8) is 0 Å². The van der Waals surface area contributed by atoms with E-state index in [-0.39, 0.29) is 22.1 Å². The van der Waals surface area contributed by atoms with Crippen LogP contribution in [0.25, 0.3) is 0 Å². The Bertz CT molecular complexity index is 1260. The molecule has 0 saturated heterocycles. The zero-order chi connectivity index (χ0) is 22.2. The summed E-state index contributed by atoms with van der Waals surface area (Å²) in [5.41, 5.74) is 1.43. The molecule has 1 aromatic heterocycles. The smallest absolute Gasteiger partial charge is 0.358 e. The number of carbonyl (C=O) groups excluding carboxylic acids is 2. The topological polar surface area (TPSA) is 145 Å². The number of fused-ring (bicyclic) bond motifs is 1. The lowest BCUT2D eigenvalue weighted by molar-refractivity contribution is -0.117. The number of sulfonamides is 1. The van der Waals surface area contributed by atoms with Gasteiger partial charge in [-0.15, -0.1) is 10.2 Å². The zero-order valence-electron chi connectivity index (χ0n) is 16.2. The fourth-order valence-corrected chi connectivity index (χ4v) is 3.86. The fourth-order valence-electron chi connectivity index (χ4n) is 3.32. The van der Waals surface area contributed by atoms with Crippen molar-refractivity contribution in [3.05, 3.63) is 71.9 Å². The number of esters is 1. The van der Waals surface area contributed by atoms with E-state index in [0.29, 0.717) is 11.3 Å². The maximum atomic E-state index is 13.1. The van der Waals surface area contributed by atoms with E-state index in [1.54, 1.807) is 29.2 Å². The van der Waals surface area contributed by atoms with Gasteiger partial charge in [-0.2, -0.15) is 0 Å². The second-order valence-electron chi connectivity index (χ2n) is 6.66.